The fraction of sp³-hybridized carbons (Fsp3) is 0.130. The van der Waals surface area contributed by atoms with E-state index in [4.69, 9.17) is 42.1 Å². The van der Waals surface area contributed by atoms with E-state index in [1.165, 1.54) is 0 Å². The molecular formula is C46H34Cl2N2O6S2. The molecule has 0 saturated heterocycles. The van der Waals surface area contributed by atoms with Crippen LogP contribution >= 0.6 is 45.9 Å². The van der Waals surface area contributed by atoms with Crippen LogP contribution in [0, 0.1) is 13.8 Å². The Morgan fingerprint density at radius 2 is 0.966 bits per heavy atom. The minimum absolute atomic E-state index is 0.179. The number of carbonyl (C=O) groups is 2. The number of aldehydes is 2. The number of aromatic nitrogens is 2. The van der Waals surface area contributed by atoms with Crippen LogP contribution in [-0.2, 0) is 26.4 Å². The van der Waals surface area contributed by atoms with Gasteiger partial charge in [-0.1, -0.05) is 59.6 Å². The molecule has 4 aromatic carbocycles. The number of benzene rings is 4. The SMILES string of the molecule is Cc1c(COc2cc(OCc3ccc4sccc4n3)c(C=O)cc2Cl)cccc1-c1cccc(COc2cc(OCc3ccc4sccc4n3)c(C=O)cc2Cl)c1C. The van der Waals surface area contributed by atoms with Crippen molar-refractivity contribution >= 4 is 78.9 Å². The van der Waals surface area contributed by atoms with E-state index < -0.39 is 0 Å². The molecule has 12 heteroatoms. The highest BCUT2D eigenvalue weighted by atomic mass is 35.5. The number of rotatable bonds is 15. The molecular weight excluding hydrogens is 812 g/mol. The molecule has 0 bridgehead atoms. The molecule has 0 N–H and O–H groups in total. The lowest BCUT2D eigenvalue weighted by atomic mass is 9.92. The lowest BCUT2D eigenvalue weighted by Gasteiger charge is -2.18. The summed E-state index contributed by atoms with van der Waals surface area (Å²) >= 11 is 16.4. The van der Waals surface area contributed by atoms with Crippen LogP contribution in [0.3, 0.4) is 0 Å². The Bertz CT molecular complexity index is 2630. The average molecular weight is 846 g/mol. The van der Waals surface area contributed by atoms with E-state index in [1.54, 1.807) is 46.9 Å². The van der Waals surface area contributed by atoms with E-state index in [1.807, 2.05) is 71.4 Å². The second-order valence-corrected chi connectivity index (χ2v) is 16.1. The Balaban J connectivity index is 0.958. The third kappa shape index (κ3) is 8.42. The topological polar surface area (TPSA) is 96.8 Å². The van der Waals surface area contributed by atoms with Crippen LogP contribution in [0.5, 0.6) is 23.0 Å². The quantitative estimate of drug-likeness (QED) is 0.0941. The second-order valence-electron chi connectivity index (χ2n) is 13.4. The van der Waals surface area contributed by atoms with Crippen LogP contribution < -0.4 is 18.9 Å². The zero-order valence-electron chi connectivity index (χ0n) is 31.3. The smallest absolute Gasteiger partial charge is 0.153 e. The molecule has 0 atom stereocenters. The van der Waals surface area contributed by atoms with Crippen molar-refractivity contribution in [1.29, 1.82) is 0 Å². The molecule has 58 heavy (non-hydrogen) atoms. The fourth-order valence-electron chi connectivity index (χ4n) is 6.58. The normalized spacial score (nSPS) is 11.2. The van der Waals surface area contributed by atoms with Crippen LogP contribution in [0.2, 0.25) is 10.0 Å². The molecule has 0 spiro atoms. The number of thiophene rings is 2. The Labute approximate surface area is 352 Å². The number of carbonyl (C=O) groups excluding carboxylic acids is 2. The zero-order chi connectivity index (χ0) is 40.2. The van der Waals surface area contributed by atoms with Crippen molar-refractivity contribution in [3.05, 3.63) is 163 Å². The first kappa shape index (κ1) is 39.1. The molecule has 4 aromatic heterocycles. The molecule has 4 heterocycles. The number of halogens is 2. The highest BCUT2D eigenvalue weighted by molar-refractivity contribution is 7.17. The summed E-state index contributed by atoms with van der Waals surface area (Å²) in [6, 6.07) is 30.4. The van der Waals surface area contributed by atoms with Gasteiger partial charge in [0.15, 0.2) is 12.6 Å². The average Bonchev–Trinajstić information content (AvgIpc) is 3.92. The van der Waals surface area contributed by atoms with Gasteiger partial charge in [0.1, 0.15) is 49.4 Å². The molecule has 8 rings (SSSR count). The van der Waals surface area contributed by atoms with Crippen molar-refractivity contribution < 1.29 is 28.5 Å². The van der Waals surface area contributed by atoms with Gasteiger partial charge in [-0.2, -0.15) is 0 Å². The van der Waals surface area contributed by atoms with E-state index >= 15 is 0 Å². The van der Waals surface area contributed by atoms with E-state index in [-0.39, 0.29) is 26.4 Å². The van der Waals surface area contributed by atoms with E-state index in [2.05, 4.69) is 35.9 Å². The summed E-state index contributed by atoms with van der Waals surface area (Å²) in [6.07, 6.45) is 1.43. The molecule has 0 saturated carbocycles. The van der Waals surface area contributed by atoms with Gasteiger partial charge in [0.25, 0.3) is 0 Å². The standard InChI is InChI=1S/C46H34Cl2N2O6S2/c1-27-29(23-53-43-19-41(31(21-51)17-37(43)47)55-25-33-9-11-45-39(49-33)13-15-57-45)5-3-7-35(27)36-8-4-6-30(28(36)2)24-54-44-20-42(32(22-52)18-38(44)48)56-26-34-10-12-46-40(50-34)14-16-58-46/h3-22H,23-26H2,1-2H3. The van der Waals surface area contributed by atoms with Gasteiger partial charge in [-0.05, 0) is 107 Å². The number of ether oxygens (including phenoxy) is 4. The minimum Gasteiger partial charge on any atom is -0.487 e. The molecule has 0 aliphatic carbocycles. The summed E-state index contributed by atoms with van der Waals surface area (Å²) < 4.78 is 26.8. The largest absolute Gasteiger partial charge is 0.487 e. The number of pyridine rings is 2. The fourth-order valence-corrected chi connectivity index (χ4v) is 8.49. The van der Waals surface area contributed by atoms with Crippen molar-refractivity contribution in [1.82, 2.24) is 9.97 Å². The van der Waals surface area contributed by atoms with Crippen LogP contribution in [-0.4, -0.2) is 22.5 Å². The number of hydrogen-bond donors (Lipinski definition) is 0. The molecule has 8 nitrogen and oxygen atoms in total. The maximum Gasteiger partial charge on any atom is 0.153 e. The predicted molar refractivity (Wildman–Crippen MR) is 232 cm³/mol. The molecule has 0 radical (unpaired) electrons. The summed E-state index contributed by atoms with van der Waals surface area (Å²) in [5.74, 6) is 1.51. The minimum atomic E-state index is 0.179. The Kier molecular flexibility index (Phi) is 11.7. The molecule has 0 fully saturated rings. The Hall–Kier alpha value is -5.78. The van der Waals surface area contributed by atoms with Crippen molar-refractivity contribution in [2.75, 3.05) is 0 Å². The third-order valence-electron chi connectivity index (χ3n) is 9.81. The maximum absolute atomic E-state index is 11.9. The van der Waals surface area contributed by atoms with Gasteiger partial charge in [-0.15, -0.1) is 22.7 Å². The maximum atomic E-state index is 11.9. The summed E-state index contributed by atoms with van der Waals surface area (Å²) in [5, 5.41) is 4.60. The van der Waals surface area contributed by atoms with Crippen molar-refractivity contribution in [3.8, 4) is 34.1 Å². The van der Waals surface area contributed by atoms with Gasteiger partial charge in [-0.25, -0.2) is 9.97 Å². The zero-order valence-corrected chi connectivity index (χ0v) is 34.4. The predicted octanol–water partition coefficient (Wildman–Crippen LogP) is 12.4. The first-order valence-corrected chi connectivity index (χ1v) is 20.7. The summed E-state index contributed by atoms with van der Waals surface area (Å²) in [5.41, 5.74) is 10.0. The highest BCUT2D eigenvalue weighted by Gasteiger charge is 2.17. The molecule has 0 amide bonds. The van der Waals surface area contributed by atoms with Gasteiger partial charge >= 0.3 is 0 Å². The van der Waals surface area contributed by atoms with Gasteiger partial charge in [0.2, 0.25) is 0 Å². The molecule has 290 valence electrons. The number of fused-ring (bicyclic) bond motifs is 2. The third-order valence-corrected chi connectivity index (χ3v) is 12.1. The highest BCUT2D eigenvalue weighted by Crippen LogP contribution is 2.37. The van der Waals surface area contributed by atoms with Crippen LogP contribution in [0.4, 0.5) is 0 Å². The van der Waals surface area contributed by atoms with Gasteiger partial charge in [0, 0.05) is 12.1 Å². The Morgan fingerprint density at radius 1 is 0.534 bits per heavy atom. The Morgan fingerprint density at radius 3 is 1.40 bits per heavy atom. The van der Waals surface area contributed by atoms with Gasteiger partial charge in [0.05, 0.1) is 53.0 Å². The summed E-state index contributed by atoms with van der Waals surface area (Å²) in [6.45, 7) is 4.94. The van der Waals surface area contributed by atoms with Crippen molar-refractivity contribution in [2.24, 2.45) is 0 Å². The lowest BCUT2D eigenvalue weighted by molar-refractivity contribution is 0.111. The van der Waals surface area contributed by atoms with Crippen LogP contribution in [0.1, 0.15) is 54.4 Å². The summed E-state index contributed by atoms with van der Waals surface area (Å²) in [7, 11) is 0. The van der Waals surface area contributed by atoms with E-state index in [0.29, 0.717) is 56.7 Å². The monoisotopic (exact) mass is 844 g/mol. The van der Waals surface area contributed by atoms with Gasteiger partial charge in [-0.3, -0.25) is 9.59 Å². The number of nitrogens with zero attached hydrogens (tertiary/aromatic N) is 2. The molecule has 0 aliphatic heterocycles. The summed E-state index contributed by atoms with van der Waals surface area (Å²) in [4.78, 5) is 33.1. The molecule has 8 aromatic rings. The van der Waals surface area contributed by atoms with E-state index in [9.17, 15) is 9.59 Å². The first-order chi connectivity index (χ1) is 28.3. The number of hydrogen-bond acceptors (Lipinski definition) is 10. The van der Waals surface area contributed by atoms with Crippen molar-refractivity contribution in [2.45, 2.75) is 40.3 Å². The molecule has 0 unspecified atom stereocenters. The first-order valence-electron chi connectivity index (χ1n) is 18.2. The van der Waals surface area contributed by atoms with E-state index in [0.717, 1.165) is 65.2 Å². The van der Waals surface area contributed by atoms with Crippen LogP contribution in [0.15, 0.2) is 108 Å². The van der Waals surface area contributed by atoms with Gasteiger partial charge < -0.3 is 18.9 Å². The second kappa shape index (κ2) is 17.4. The van der Waals surface area contributed by atoms with Crippen molar-refractivity contribution in [3.63, 3.8) is 0 Å². The lowest BCUT2D eigenvalue weighted by Crippen LogP contribution is -2.04. The molecule has 0 aliphatic rings. The van der Waals surface area contributed by atoms with Crippen LogP contribution in [0.25, 0.3) is 31.6 Å².